The van der Waals surface area contributed by atoms with Crippen molar-refractivity contribution in [2.24, 2.45) is 5.92 Å². The predicted octanol–water partition coefficient (Wildman–Crippen LogP) is 0.756. The fourth-order valence-electron chi connectivity index (χ4n) is 1.21. The Morgan fingerprint density at radius 3 is 2.75 bits per heavy atom. The lowest BCUT2D eigenvalue weighted by molar-refractivity contribution is -0.559. The standard InChI is InChI=1S/C8H11NO3/c1-8(9(11)12)5-3-2-4-7(8)6-10/h2-5,7,10H,6H2,1H3/t7-,8+/m0/s1. The van der Waals surface area contributed by atoms with E-state index in [2.05, 4.69) is 0 Å². The first-order valence-corrected chi connectivity index (χ1v) is 3.72. The van der Waals surface area contributed by atoms with Gasteiger partial charge in [0.15, 0.2) is 0 Å². The summed E-state index contributed by atoms with van der Waals surface area (Å²) in [6, 6.07) is 0. The molecular weight excluding hydrogens is 158 g/mol. The van der Waals surface area contributed by atoms with Crippen molar-refractivity contribution in [1.82, 2.24) is 0 Å². The summed E-state index contributed by atoms with van der Waals surface area (Å²) < 4.78 is 0. The summed E-state index contributed by atoms with van der Waals surface area (Å²) in [7, 11) is 0. The van der Waals surface area contributed by atoms with E-state index in [4.69, 9.17) is 5.11 Å². The van der Waals surface area contributed by atoms with E-state index in [1.54, 1.807) is 18.2 Å². The van der Waals surface area contributed by atoms with Gasteiger partial charge in [-0.25, -0.2) is 0 Å². The Labute approximate surface area is 70.4 Å². The zero-order valence-electron chi connectivity index (χ0n) is 6.80. The molecule has 1 aliphatic carbocycles. The second-order valence-corrected chi connectivity index (χ2v) is 3.02. The van der Waals surface area contributed by atoms with E-state index in [9.17, 15) is 10.1 Å². The summed E-state index contributed by atoms with van der Waals surface area (Å²) in [5.74, 6) is -0.419. The number of allylic oxidation sites excluding steroid dienone is 2. The average molecular weight is 169 g/mol. The molecule has 0 bridgehead atoms. The van der Waals surface area contributed by atoms with Crippen molar-refractivity contribution >= 4 is 0 Å². The van der Waals surface area contributed by atoms with Crippen molar-refractivity contribution < 1.29 is 10.0 Å². The Bertz CT molecular complexity index is 247. The van der Waals surface area contributed by atoms with Crippen molar-refractivity contribution in [3.8, 4) is 0 Å². The lowest BCUT2D eigenvalue weighted by Crippen LogP contribution is -2.42. The van der Waals surface area contributed by atoms with Crippen LogP contribution in [0.25, 0.3) is 0 Å². The lowest BCUT2D eigenvalue weighted by Gasteiger charge is -2.25. The second-order valence-electron chi connectivity index (χ2n) is 3.02. The highest BCUT2D eigenvalue weighted by Crippen LogP contribution is 2.26. The van der Waals surface area contributed by atoms with E-state index in [1.165, 1.54) is 13.0 Å². The maximum Gasteiger partial charge on any atom is 0.246 e. The largest absolute Gasteiger partial charge is 0.395 e. The first-order valence-electron chi connectivity index (χ1n) is 3.72. The van der Waals surface area contributed by atoms with Crippen LogP contribution in [0.1, 0.15) is 6.92 Å². The van der Waals surface area contributed by atoms with Crippen molar-refractivity contribution in [2.75, 3.05) is 6.61 Å². The molecule has 2 atom stereocenters. The summed E-state index contributed by atoms with van der Waals surface area (Å²) in [4.78, 5) is 10.3. The van der Waals surface area contributed by atoms with Crippen LogP contribution in [0.15, 0.2) is 24.3 Å². The summed E-state index contributed by atoms with van der Waals surface area (Å²) in [6.45, 7) is 1.31. The number of nitrogens with zero attached hydrogens (tertiary/aromatic N) is 1. The van der Waals surface area contributed by atoms with E-state index < -0.39 is 11.5 Å². The second kappa shape index (κ2) is 3.06. The number of hydrogen-bond donors (Lipinski definition) is 1. The van der Waals surface area contributed by atoms with Crippen LogP contribution in [0.3, 0.4) is 0 Å². The van der Waals surface area contributed by atoms with Crippen molar-refractivity contribution in [3.63, 3.8) is 0 Å². The fourth-order valence-corrected chi connectivity index (χ4v) is 1.21. The molecule has 0 radical (unpaired) electrons. The lowest BCUT2D eigenvalue weighted by atomic mass is 9.83. The minimum atomic E-state index is -1.15. The van der Waals surface area contributed by atoms with Gasteiger partial charge in [-0.15, -0.1) is 0 Å². The topological polar surface area (TPSA) is 63.4 Å². The highest BCUT2D eigenvalue weighted by atomic mass is 16.6. The molecule has 4 heteroatoms. The average Bonchev–Trinajstić information content (AvgIpc) is 2.05. The molecule has 0 saturated carbocycles. The molecule has 0 aliphatic heterocycles. The van der Waals surface area contributed by atoms with Crippen molar-refractivity contribution in [2.45, 2.75) is 12.5 Å². The highest BCUT2D eigenvalue weighted by molar-refractivity contribution is 5.20. The third-order valence-corrected chi connectivity index (χ3v) is 2.23. The third-order valence-electron chi connectivity index (χ3n) is 2.23. The Balaban J connectivity index is 2.94. The predicted molar refractivity (Wildman–Crippen MR) is 44.3 cm³/mol. The van der Waals surface area contributed by atoms with Gasteiger partial charge in [-0.1, -0.05) is 18.2 Å². The number of rotatable bonds is 2. The Kier molecular flexibility index (Phi) is 2.28. The molecule has 0 aromatic carbocycles. The van der Waals surface area contributed by atoms with Crippen LogP contribution in [-0.2, 0) is 0 Å². The molecule has 66 valence electrons. The van der Waals surface area contributed by atoms with E-state index in [1.807, 2.05) is 0 Å². The van der Waals surface area contributed by atoms with Crippen LogP contribution in [0, 0.1) is 16.0 Å². The minimum absolute atomic E-state index is 0.196. The molecule has 1 aliphatic rings. The molecule has 0 saturated heterocycles. The molecule has 12 heavy (non-hydrogen) atoms. The molecule has 0 fully saturated rings. The summed E-state index contributed by atoms with van der Waals surface area (Å²) >= 11 is 0. The van der Waals surface area contributed by atoms with Gasteiger partial charge in [-0.2, -0.15) is 0 Å². The zero-order chi connectivity index (χ0) is 9.19. The van der Waals surface area contributed by atoms with Crippen LogP contribution in [0.2, 0.25) is 0 Å². The normalized spacial score (nSPS) is 33.7. The van der Waals surface area contributed by atoms with Gasteiger partial charge in [0.1, 0.15) is 0 Å². The van der Waals surface area contributed by atoms with Crippen LogP contribution in [0.5, 0.6) is 0 Å². The highest BCUT2D eigenvalue weighted by Gasteiger charge is 2.42. The van der Waals surface area contributed by atoms with Gasteiger partial charge in [-0.3, -0.25) is 10.1 Å². The van der Waals surface area contributed by atoms with Crippen LogP contribution < -0.4 is 0 Å². The molecule has 4 nitrogen and oxygen atoms in total. The maximum absolute atomic E-state index is 10.7. The SMILES string of the molecule is C[C@@]1([N+](=O)[O-])C=CC=C[C@H]1CO. The van der Waals surface area contributed by atoms with Gasteiger partial charge in [0, 0.05) is 11.8 Å². The van der Waals surface area contributed by atoms with E-state index in [-0.39, 0.29) is 11.5 Å². The summed E-state index contributed by atoms with van der Waals surface area (Å²) in [5, 5.41) is 19.5. The Hall–Kier alpha value is -1.16. The molecule has 1 rings (SSSR count). The fraction of sp³-hybridized carbons (Fsp3) is 0.500. The third kappa shape index (κ3) is 1.25. The first-order chi connectivity index (χ1) is 5.61. The van der Waals surface area contributed by atoms with Gasteiger partial charge in [0.25, 0.3) is 0 Å². The van der Waals surface area contributed by atoms with Crippen molar-refractivity contribution in [3.05, 3.63) is 34.4 Å². The molecule has 0 aromatic rings. The van der Waals surface area contributed by atoms with E-state index >= 15 is 0 Å². The maximum atomic E-state index is 10.7. The molecule has 0 spiro atoms. The van der Waals surface area contributed by atoms with Gasteiger partial charge in [0.05, 0.1) is 12.5 Å². The number of aliphatic hydroxyl groups excluding tert-OH is 1. The molecule has 0 heterocycles. The first kappa shape index (κ1) is 8.93. The van der Waals surface area contributed by atoms with Crippen LogP contribution in [0.4, 0.5) is 0 Å². The Morgan fingerprint density at radius 2 is 2.33 bits per heavy atom. The molecule has 0 unspecified atom stereocenters. The monoisotopic (exact) mass is 169 g/mol. The molecule has 1 N–H and O–H groups in total. The smallest absolute Gasteiger partial charge is 0.246 e. The van der Waals surface area contributed by atoms with Crippen LogP contribution in [-0.4, -0.2) is 22.2 Å². The van der Waals surface area contributed by atoms with Crippen molar-refractivity contribution in [1.29, 1.82) is 0 Å². The molecule has 0 amide bonds. The minimum Gasteiger partial charge on any atom is -0.395 e. The Morgan fingerprint density at radius 1 is 1.67 bits per heavy atom. The van der Waals surface area contributed by atoms with E-state index in [0.29, 0.717) is 0 Å². The summed E-state index contributed by atoms with van der Waals surface area (Å²) in [6.07, 6.45) is 6.51. The zero-order valence-corrected chi connectivity index (χ0v) is 6.80. The van der Waals surface area contributed by atoms with Gasteiger partial charge in [-0.05, 0) is 6.08 Å². The summed E-state index contributed by atoms with van der Waals surface area (Å²) in [5.41, 5.74) is -1.15. The quantitative estimate of drug-likeness (QED) is 0.490. The molecule has 0 aromatic heterocycles. The van der Waals surface area contributed by atoms with E-state index in [0.717, 1.165) is 0 Å². The van der Waals surface area contributed by atoms with Gasteiger partial charge >= 0.3 is 0 Å². The number of nitro groups is 1. The number of aliphatic hydroxyl groups is 1. The van der Waals surface area contributed by atoms with Gasteiger partial charge < -0.3 is 5.11 Å². The number of hydrogen-bond acceptors (Lipinski definition) is 3. The van der Waals surface area contributed by atoms with Gasteiger partial charge in [0.2, 0.25) is 5.54 Å². The molecular formula is C8H11NO3. The van der Waals surface area contributed by atoms with Crippen LogP contribution >= 0.6 is 0 Å².